The minimum atomic E-state index is -4.40. The fourth-order valence-corrected chi connectivity index (χ4v) is 2.76. The molecule has 2 rings (SSSR count). The number of amides is 1. The van der Waals surface area contributed by atoms with Crippen LogP contribution in [0.3, 0.4) is 0 Å². The summed E-state index contributed by atoms with van der Waals surface area (Å²) < 4.78 is 44.3. The average molecular weight is 528 g/mol. The van der Waals surface area contributed by atoms with Gasteiger partial charge in [-0.3, -0.25) is 4.79 Å². The number of likely N-dealkylation sites (N-methyl/N-ethyl adjacent to an activating group) is 1. The molecule has 10 heteroatoms. The van der Waals surface area contributed by atoms with E-state index < -0.39 is 11.7 Å². The lowest BCUT2D eigenvalue weighted by Gasteiger charge is -2.25. The number of ether oxygens (including phenoxy) is 1. The summed E-state index contributed by atoms with van der Waals surface area (Å²) in [6, 6.07) is 5.05. The topological polar surface area (TPSA) is 66.0 Å². The number of hydrogen-bond acceptors (Lipinski definition) is 3. The van der Waals surface area contributed by atoms with E-state index in [4.69, 9.17) is 4.74 Å². The molecule has 6 nitrogen and oxygen atoms in total. The molecule has 0 spiro atoms. The van der Waals surface area contributed by atoms with E-state index in [0.29, 0.717) is 24.7 Å². The van der Waals surface area contributed by atoms with Crippen molar-refractivity contribution in [2.45, 2.75) is 38.1 Å². The molecule has 2 N–H and O–H groups in total. The molecule has 0 bridgehead atoms. The molecule has 1 atom stereocenters. The van der Waals surface area contributed by atoms with E-state index in [1.807, 2.05) is 6.92 Å². The smallest absolute Gasteiger partial charge is 0.373 e. The summed E-state index contributed by atoms with van der Waals surface area (Å²) in [7, 11) is 3.29. The Balaban J connectivity index is 0.00000420. The van der Waals surface area contributed by atoms with E-state index in [2.05, 4.69) is 15.6 Å². The maximum Gasteiger partial charge on any atom is 0.416 e. The molecular formula is C19H28F3IN4O2. The molecule has 0 aliphatic carbocycles. The molecule has 1 saturated heterocycles. The second-order valence-electron chi connectivity index (χ2n) is 7.26. The third-order valence-corrected chi connectivity index (χ3v) is 4.51. The van der Waals surface area contributed by atoms with Crippen LogP contribution in [-0.2, 0) is 22.3 Å². The molecule has 0 radical (unpaired) electrons. The fourth-order valence-electron chi connectivity index (χ4n) is 2.76. The second-order valence-corrected chi connectivity index (χ2v) is 7.26. The number of aliphatic imine (C=N–C) groups is 1. The van der Waals surface area contributed by atoms with E-state index >= 15 is 0 Å². The molecule has 1 amide bonds. The summed E-state index contributed by atoms with van der Waals surface area (Å²) >= 11 is 0. The monoisotopic (exact) mass is 528 g/mol. The van der Waals surface area contributed by atoms with Crippen molar-refractivity contribution >= 4 is 35.8 Å². The van der Waals surface area contributed by atoms with Crippen LogP contribution in [0.25, 0.3) is 0 Å². The molecule has 0 saturated carbocycles. The van der Waals surface area contributed by atoms with Crippen LogP contribution in [0.1, 0.15) is 30.9 Å². The maximum absolute atomic E-state index is 12.9. The summed E-state index contributed by atoms with van der Waals surface area (Å²) in [5.41, 5.74) is -0.611. The predicted octanol–water partition coefficient (Wildman–Crippen LogP) is 3.02. The number of nitrogens with zero attached hydrogens (tertiary/aromatic N) is 2. The number of carbonyl (C=O) groups is 1. The van der Waals surface area contributed by atoms with Gasteiger partial charge in [-0.25, -0.2) is 4.99 Å². The molecule has 1 heterocycles. The Labute approximate surface area is 186 Å². The van der Waals surface area contributed by atoms with Crippen LogP contribution in [0.2, 0.25) is 0 Å². The normalized spacial score (nSPS) is 19.4. The quantitative estimate of drug-likeness (QED) is 0.339. The summed E-state index contributed by atoms with van der Waals surface area (Å²) in [6.45, 7) is 3.24. The van der Waals surface area contributed by atoms with Gasteiger partial charge < -0.3 is 20.3 Å². The molecule has 1 aromatic rings. The molecule has 0 aromatic heterocycles. The Kier molecular flexibility index (Phi) is 9.66. The van der Waals surface area contributed by atoms with Crippen LogP contribution < -0.4 is 10.6 Å². The number of hydrogen-bond donors (Lipinski definition) is 2. The van der Waals surface area contributed by atoms with E-state index in [1.54, 1.807) is 20.2 Å². The lowest BCUT2D eigenvalue weighted by atomic mass is 10.0. The Morgan fingerprint density at radius 1 is 1.31 bits per heavy atom. The van der Waals surface area contributed by atoms with Crippen LogP contribution in [0.15, 0.2) is 29.3 Å². The molecule has 1 fully saturated rings. The molecule has 1 aliphatic heterocycles. The highest BCUT2D eigenvalue weighted by atomic mass is 127. The zero-order valence-corrected chi connectivity index (χ0v) is 19.1. The second kappa shape index (κ2) is 11.0. The highest BCUT2D eigenvalue weighted by Crippen LogP contribution is 2.29. The van der Waals surface area contributed by atoms with Crippen molar-refractivity contribution in [3.05, 3.63) is 35.4 Å². The van der Waals surface area contributed by atoms with Gasteiger partial charge in [-0.05, 0) is 37.5 Å². The van der Waals surface area contributed by atoms with Crippen LogP contribution in [0.4, 0.5) is 13.2 Å². The van der Waals surface area contributed by atoms with Gasteiger partial charge in [-0.15, -0.1) is 24.0 Å². The zero-order valence-electron chi connectivity index (χ0n) is 16.8. The SMILES string of the molecule is CN(C)C(=O)CNC(=NCc1cccc(C(F)(F)F)c1)NCC1(C)CCCO1.I. The number of rotatable bonds is 6. The van der Waals surface area contributed by atoms with E-state index in [-0.39, 0.29) is 48.6 Å². The number of halogens is 4. The van der Waals surface area contributed by atoms with Crippen molar-refractivity contribution in [3.63, 3.8) is 0 Å². The first-order valence-corrected chi connectivity index (χ1v) is 9.11. The van der Waals surface area contributed by atoms with Gasteiger partial charge in [0.15, 0.2) is 5.96 Å². The van der Waals surface area contributed by atoms with Crippen molar-refractivity contribution in [1.29, 1.82) is 0 Å². The number of alkyl halides is 3. The van der Waals surface area contributed by atoms with Crippen molar-refractivity contribution in [1.82, 2.24) is 15.5 Å². The van der Waals surface area contributed by atoms with Crippen molar-refractivity contribution < 1.29 is 22.7 Å². The van der Waals surface area contributed by atoms with Crippen molar-refractivity contribution in [2.24, 2.45) is 4.99 Å². The number of benzene rings is 1. The summed E-state index contributed by atoms with van der Waals surface area (Å²) in [4.78, 5) is 17.6. The molecule has 1 unspecified atom stereocenters. The summed E-state index contributed by atoms with van der Waals surface area (Å²) in [5.74, 6) is 0.209. The lowest BCUT2D eigenvalue weighted by molar-refractivity contribution is -0.137. The van der Waals surface area contributed by atoms with Crippen molar-refractivity contribution in [2.75, 3.05) is 33.8 Å². The van der Waals surface area contributed by atoms with Gasteiger partial charge in [0.2, 0.25) is 5.91 Å². The minimum absolute atomic E-state index is 0. The van der Waals surface area contributed by atoms with Gasteiger partial charge in [-0.1, -0.05) is 12.1 Å². The first-order valence-electron chi connectivity index (χ1n) is 9.11. The van der Waals surface area contributed by atoms with Crippen LogP contribution in [-0.4, -0.2) is 56.2 Å². The van der Waals surface area contributed by atoms with Crippen LogP contribution in [0.5, 0.6) is 0 Å². The van der Waals surface area contributed by atoms with Crippen LogP contribution >= 0.6 is 24.0 Å². The Morgan fingerprint density at radius 3 is 2.62 bits per heavy atom. The summed E-state index contributed by atoms with van der Waals surface area (Å²) in [6.07, 6.45) is -2.52. The first kappa shape index (κ1) is 25.5. The molecular weight excluding hydrogens is 500 g/mol. The Hall–Kier alpha value is -1.56. The van der Waals surface area contributed by atoms with Gasteiger partial charge in [0, 0.05) is 27.2 Å². The summed E-state index contributed by atoms with van der Waals surface area (Å²) in [5, 5.41) is 6.06. The molecule has 164 valence electrons. The van der Waals surface area contributed by atoms with Gasteiger partial charge in [-0.2, -0.15) is 13.2 Å². The standard InChI is InChI=1S/C19H27F3N4O2.HI/c1-18(8-5-9-28-18)13-25-17(24-12-16(27)26(2)3)23-11-14-6-4-7-15(10-14)19(20,21)22;/h4,6-7,10H,5,8-9,11-13H2,1-3H3,(H2,23,24,25);1H. The average Bonchev–Trinajstić information content (AvgIpc) is 3.07. The highest BCUT2D eigenvalue weighted by Gasteiger charge is 2.31. The predicted molar refractivity (Wildman–Crippen MR) is 116 cm³/mol. The zero-order chi connectivity index (χ0) is 20.8. The first-order chi connectivity index (χ1) is 13.1. The third kappa shape index (κ3) is 8.37. The number of carbonyl (C=O) groups excluding carboxylic acids is 1. The largest absolute Gasteiger partial charge is 0.416 e. The molecule has 1 aromatic carbocycles. The van der Waals surface area contributed by atoms with Crippen LogP contribution in [0, 0.1) is 0 Å². The fraction of sp³-hybridized carbons (Fsp3) is 0.579. The lowest BCUT2D eigenvalue weighted by Crippen LogP contribution is -2.47. The maximum atomic E-state index is 12.9. The Morgan fingerprint density at radius 2 is 2.03 bits per heavy atom. The Bertz CT molecular complexity index is 705. The van der Waals surface area contributed by atoms with Gasteiger partial charge in [0.25, 0.3) is 0 Å². The van der Waals surface area contributed by atoms with E-state index in [1.165, 1.54) is 11.0 Å². The number of nitrogens with one attached hydrogen (secondary N) is 2. The molecule has 1 aliphatic rings. The minimum Gasteiger partial charge on any atom is -0.373 e. The van der Waals surface area contributed by atoms with E-state index in [0.717, 1.165) is 25.0 Å². The van der Waals surface area contributed by atoms with Gasteiger partial charge in [0.1, 0.15) is 0 Å². The van der Waals surface area contributed by atoms with E-state index in [9.17, 15) is 18.0 Å². The van der Waals surface area contributed by atoms with Gasteiger partial charge >= 0.3 is 6.18 Å². The number of guanidine groups is 1. The third-order valence-electron chi connectivity index (χ3n) is 4.51. The van der Waals surface area contributed by atoms with Crippen molar-refractivity contribution in [3.8, 4) is 0 Å². The highest BCUT2D eigenvalue weighted by molar-refractivity contribution is 14.0. The molecule has 29 heavy (non-hydrogen) atoms. The van der Waals surface area contributed by atoms with Gasteiger partial charge in [0.05, 0.1) is 24.3 Å².